The van der Waals surface area contributed by atoms with Gasteiger partial charge in [-0.3, -0.25) is 0 Å². The van der Waals surface area contributed by atoms with Gasteiger partial charge >= 0.3 is 44.8 Å². The molecule has 0 heterocycles. The monoisotopic (exact) mass is 994 g/mol. The van der Waals surface area contributed by atoms with Crippen molar-refractivity contribution in [2.24, 2.45) is 22.9 Å². The Bertz CT molecular complexity index is 1370. The Morgan fingerprint density at radius 2 is 0.404 bits per heavy atom. The Labute approximate surface area is 322 Å². The summed E-state index contributed by atoms with van der Waals surface area (Å²) in [5.41, 5.74) is 21.9. The molecular weight excluding hydrogens is 967 g/mol. The fraction of sp³-hybridized carbons (Fsp3) is 0.250. The van der Waals surface area contributed by atoms with Gasteiger partial charge in [-0.15, -0.1) is 0 Å². The zero-order valence-electron chi connectivity index (χ0n) is 25.9. The van der Waals surface area contributed by atoms with Crippen LogP contribution in [-0.4, -0.2) is 0 Å². The molecule has 4 nitrogen and oxygen atoms in total. The first-order valence-corrected chi connectivity index (χ1v) is 13.7. The van der Waals surface area contributed by atoms with Crippen LogP contribution in [0.15, 0.2) is 97.1 Å². The van der Waals surface area contributed by atoms with E-state index in [2.05, 4.69) is 0 Å². The Morgan fingerprint density at radius 3 is 0.500 bits per heavy atom. The van der Waals surface area contributed by atoms with Crippen molar-refractivity contribution < 1.29 is 110 Å². The fourth-order valence-corrected chi connectivity index (χ4v) is 4.41. The smallest absolute Gasteiger partial charge is 1.00 e. The number of alkyl halides is 12. The van der Waals surface area contributed by atoms with Gasteiger partial charge < -0.3 is 60.2 Å². The minimum absolute atomic E-state index is 0. The van der Waals surface area contributed by atoms with Crippen LogP contribution >= 0.6 is 0 Å². The second kappa shape index (κ2) is 20.2. The Kier molecular flexibility index (Phi) is 20.0. The molecule has 0 amide bonds. The van der Waals surface area contributed by atoms with Crippen LogP contribution in [-0.2, 0) is 44.8 Å². The van der Waals surface area contributed by atoms with E-state index in [9.17, 15) is 52.7 Å². The second-order valence-electron chi connectivity index (χ2n) is 10.6. The Hall–Kier alpha value is -2.60. The minimum Gasteiger partial charge on any atom is -1.00 e. The maximum atomic E-state index is 12.5. The van der Waals surface area contributed by atoms with Crippen molar-refractivity contribution in [1.82, 2.24) is 0 Å². The van der Waals surface area contributed by atoms with Gasteiger partial charge in [-0.1, -0.05) is 48.5 Å². The van der Waals surface area contributed by atoms with Gasteiger partial charge in [-0.25, -0.2) is 0 Å². The molecule has 52 heavy (non-hydrogen) atoms. The Morgan fingerprint density at radius 1 is 0.288 bits per heavy atom. The van der Waals surface area contributed by atoms with Gasteiger partial charge in [-0.2, -0.15) is 52.7 Å². The predicted octanol–water partition coefficient (Wildman–Crippen LogP) is -0.142. The topological polar surface area (TPSA) is 104 Å². The molecule has 0 fully saturated rings. The van der Waals surface area contributed by atoms with Gasteiger partial charge in [-0.05, 0) is 70.8 Å². The predicted molar refractivity (Wildman–Crippen MR) is 153 cm³/mol. The molecule has 0 aromatic heterocycles. The molecule has 0 aliphatic heterocycles. The number of rotatable bonds is 6. The van der Waals surface area contributed by atoms with Gasteiger partial charge in [0.2, 0.25) is 0 Å². The van der Waals surface area contributed by atoms with Crippen LogP contribution in [0.25, 0.3) is 0 Å². The molecular formula is C32H28Cl3F12IrN4. The first kappa shape index (κ1) is 51.5. The first-order valence-electron chi connectivity index (χ1n) is 13.7. The number of benzene rings is 4. The molecule has 0 spiro atoms. The van der Waals surface area contributed by atoms with E-state index < -0.39 is 71.1 Å². The van der Waals surface area contributed by atoms with Crippen LogP contribution < -0.4 is 60.2 Å². The maximum absolute atomic E-state index is 12.5. The molecule has 4 atom stereocenters. The van der Waals surface area contributed by atoms with E-state index >= 15 is 0 Å². The van der Waals surface area contributed by atoms with E-state index in [1.54, 1.807) is 0 Å². The molecule has 0 radical (unpaired) electrons. The van der Waals surface area contributed by atoms with Crippen molar-refractivity contribution in [2.45, 2.75) is 48.9 Å². The summed E-state index contributed by atoms with van der Waals surface area (Å²) in [5, 5.41) is 0. The summed E-state index contributed by atoms with van der Waals surface area (Å²) in [7, 11) is 0. The molecule has 4 aromatic rings. The number of nitrogens with two attached hydrogens (primary N) is 4. The quantitative estimate of drug-likeness (QED) is 0.202. The zero-order chi connectivity index (χ0) is 36.2. The van der Waals surface area contributed by atoms with E-state index in [1.165, 1.54) is 48.5 Å². The van der Waals surface area contributed by atoms with Gasteiger partial charge in [0.1, 0.15) is 0 Å². The molecule has 4 rings (SSSR count). The van der Waals surface area contributed by atoms with E-state index in [-0.39, 0.29) is 57.3 Å². The summed E-state index contributed by atoms with van der Waals surface area (Å²) in [4.78, 5) is 0. The molecule has 0 bridgehead atoms. The Balaban J connectivity index is 0. The van der Waals surface area contributed by atoms with Crippen LogP contribution in [0.4, 0.5) is 52.7 Å². The summed E-state index contributed by atoms with van der Waals surface area (Å²) in [6.45, 7) is 0. The molecule has 0 saturated heterocycles. The second-order valence-corrected chi connectivity index (χ2v) is 10.6. The standard InChI is InChI=1S/2C16H14F6N2.3ClH.Ir/c2*17-15(18,19)11-5-1-9(2-6-11)13(23)14(24)10-3-7-12(8-4-10)16(20,21)22;;;;/h2*1-8,13-14H,23-24H2;3*1H;/q;;;;;+3/p-3/t2*13-,14-;;;;/m11..../s1. The van der Waals surface area contributed by atoms with Crippen molar-refractivity contribution >= 4 is 0 Å². The van der Waals surface area contributed by atoms with Crippen LogP contribution in [0.1, 0.15) is 68.7 Å². The minimum atomic E-state index is -4.46. The molecule has 0 aliphatic rings. The zero-order valence-corrected chi connectivity index (χ0v) is 30.5. The van der Waals surface area contributed by atoms with Gasteiger partial charge in [0.05, 0.1) is 22.3 Å². The van der Waals surface area contributed by atoms with Gasteiger partial charge in [0.25, 0.3) is 0 Å². The molecule has 0 aliphatic carbocycles. The summed E-state index contributed by atoms with van der Waals surface area (Å²) in [6, 6.07) is 13.3. The number of hydrogen-bond acceptors (Lipinski definition) is 4. The molecule has 290 valence electrons. The van der Waals surface area contributed by atoms with Crippen LogP contribution in [0.5, 0.6) is 0 Å². The van der Waals surface area contributed by atoms with Gasteiger partial charge in [0.15, 0.2) is 0 Å². The third kappa shape index (κ3) is 14.0. The normalized spacial score (nSPS) is 14.0. The summed E-state index contributed by atoms with van der Waals surface area (Å²) >= 11 is 0. The van der Waals surface area contributed by atoms with Crippen LogP contribution in [0.2, 0.25) is 0 Å². The first-order chi connectivity index (χ1) is 22.0. The van der Waals surface area contributed by atoms with Crippen molar-refractivity contribution in [1.29, 1.82) is 0 Å². The van der Waals surface area contributed by atoms with Crippen molar-refractivity contribution in [3.8, 4) is 0 Å². The van der Waals surface area contributed by atoms with Gasteiger partial charge in [0, 0.05) is 24.2 Å². The molecule has 8 N–H and O–H groups in total. The maximum Gasteiger partial charge on any atom is 3.00 e. The van der Waals surface area contributed by atoms with Crippen molar-refractivity contribution in [3.63, 3.8) is 0 Å². The number of halogens is 15. The van der Waals surface area contributed by atoms with E-state index in [4.69, 9.17) is 22.9 Å². The molecule has 20 heteroatoms. The summed E-state index contributed by atoms with van der Waals surface area (Å²) in [6.07, 6.45) is -17.8. The average molecular weight is 995 g/mol. The van der Waals surface area contributed by atoms with Crippen molar-refractivity contribution in [3.05, 3.63) is 142 Å². The average Bonchev–Trinajstić information content (AvgIpc) is 3.02. The third-order valence-electron chi connectivity index (χ3n) is 7.27. The van der Waals surface area contributed by atoms with E-state index in [0.29, 0.717) is 22.3 Å². The van der Waals surface area contributed by atoms with E-state index in [0.717, 1.165) is 48.5 Å². The third-order valence-corrected chi connectivity index (χ3v) is 7.27. The van der Waals surface area contributed by atoms with Crippen LogP contribution in [0.3, 0.4) is 0 Å². The fourth-order valence-electron chi connectivity index (χ4n) is 4.41. The van der Waals surface area contributed by atoms with Crippen molar-refractivity contribution in [2.75, 3.05) is 0 Å². The largest absolute Gasteiger partial charge is 3.00 e. The summed E-state index contributed by atoms with van der Waals surface area (Å²) in [5.74, 6) is 0. The van der Waals surface area contributed by atoms with E-state index in [1.807, 2.05) is 0 Å². The number of hydrogen-bond donors (Lipinski definition) is 4. The molecule has 0 saturated carbocycles. The van der Waals surface area contributed by atoms with Crippen LogP contribution in [0, 0.1) is 0 Å². The SMILES string of the molecule is N[C@H](c1ccc(C(F)(F)F)cc1)[C@H](N)c1ccc(C(F)(F)F)cc1.N[C@H](c1ccc(C(F)(F)F)cc1)[C@H](N)c1ccc(C(F)(F)F)cc1.[Cl-].[Cl-].[Cl-].[Ir+3]. The molecule has 0 unspecified atom stereocenters. The summed E-state index contributed by atoms with van der Waals surface area (Å²) < 4.78 is 150. The molecule has 4 aromatic carbocycles.